The Morgan fingerprint density at radius 1 is 1.39 bits per heavy atom. The number of urea groups is 1. The molecule has 1 heterocycles. The normalized spacial score (nSPS) is 18.8. The number of hydrogen-bond acceptors (Lipinski definition) is 3. The number of rotatable bonds is 4. The lowest BCUT2D eigenvalue weighted by molar-refractivity contribution is -0.137. The molecular weight excluding hydrogens is 234 g/mol. The van der Waals surface area contributed by atoms with Crippen LogP contribution < -0.4 is 5.32 Å². The average Bonchev–Trinajstić information content (AvgIpc) is 2.27. The number of carboxylic acid groups (broad SMARTS) is 1. The van der Waals surface area contributed by atoms with Crippen molar-refractivity contribution in [2.75, 3.05) is 27.2 Å². The van der Waals surface area contributed by atoms with Gasteiger partial charge in [0.1, 0.15) is 0 Å². The summed E-state index contributed by atoms with van der Waals surface area (Å²) in [6.45, 7) is 3.17. The maximum Gasteiger partial charge on any atom is 0.317 e. The molecule has 18 heavy (non-hydrogen) atoms. The standard InChI is InChI=1S/C12H23N3O3/c1-9(8-11(16)17)13-12(18)15-6-4-10(5-7-15)14(2)3/h9-10H,4-8H2,1-3H3,(H,13,18)(H,16,17). The van der Waals surface area contributed by atoms with E-state index in [2.05, 4.69) is 24.3 Å². The molecule has 1 unspecified atom stereocenters. The fourth-order valence-corrected chi connectivity index (χ4v) is 2.20. The number of nitrogens with zero attached hydrogens (tertiary/aromatic N) is 2. The average molecular weight is 257 g/mol. The lowest BCUT2D eigenvalue weighted by Gasteiger charge is -2.35. The SMILES string of the molecule is CC(CC(=O)O)NC(=O)N1CCC(N(C)C)CC1. The van der Waals surface area contributed by atoms with Crippen molar-refractivity contribution in [2.45, 2.75) is 38.3 Å². The Bertz CT molecular complexity index is 299. The van der Waals surface area contributed by atoms with E-state index >= 15 is 0 Å². The van der Waals surface area contributed by atoms with Crippen LogP contribution in [-0.2, 0) is 4.79 Å². The van der Waals surface area contributed by atoms with Crippen LogP contribution in [0.3, 0.4) is 0 Å². The van der Waals surface area contributed by atoms with Gasteiger partial charge in [0, 0.05) is 25.2 Å². The van der Waals surface area contributed by atoms with Gasteiger partial charge < -0.3 is 20.2 Å². The summed E-state index contributed by atoms with van der Waals surface area (Å²) in [5.41, 5.74) is 0. The summed E-state index contributed by atoms with van der Waals surface area (Å²) in [6, 6.07) is 0.0491. The van der Waals surface area contributed by atoms with Crippen LogP contribution in [0.1, 0.15) is 26.2 Å². The number of likely N-dealkylation sites (tertiary alicyclic amines) is 1. The van der Waals surface area contributed by atoms with E-state index in [0.29, 0.717) is 6.04 Å². The third kappa shape index (κ3) is 4.52. The summed E-state index contributed by atoms with van der Waals surface area (Å²) < 4.78 is 0. The van der Waals surface area contributed by atoms with Crippen LogP contribution in [-0.4, -0.2) is 66.2 Å². The zero-order chi connectivity index (χ0) is 13.7. The molecule has 0 aromatic heterocycles. The van der Waals surface area contributed by atoms with E-state index in [-0.39, 0.29) is 18.5 Å². The minimum atomic E-state index is -0.894. The number of piperidine rings is 1. The van der Waals surface area contributed by atoms with E-state index in [4.69, 9.17) is 5.11 Å². The van der Waals surface area contributed by atoms with Gasteiger partial charge in [-0.15, -0.1) is 0 Å². The molecule has 2 N–H and O–H groups in total. The largest absolute Gasteiger partial charge is 0.481 e. The smallest absolute Gasteiger partial charge is 0.317 e. The van der Waals surface area contributed by atoms with E-state index in [9.17, 15) is 9.59 Å². The zero-order valence-electron chi connectivity index (χ0n) is 11.3. The molecule has 1 aliphatic rings. The van der Waals surface area contributed by atoms with Crippen LogP contribution in [0, 0.1) is 0 Å². The molecule has 1 saturated heterocycles. The van der Waals surface area contributed by atoms with E-state index in [0.717, 1.165) is 25.9 Å². The van der Waals surface area contributed by atoms with Crippen molar-refractivity contribution < 1.29 is 14.7 Å². The lowest BCUT2D eigenvalue weighted by Crippen LogP contribution is -2.50. The van der Waals surface area contributed by atoms with Gasteiger partial charge in [-0.2, -0.15) is 0 Å². The van der Waals surface area contributed by atoms with Crippen LogP contribution in [0.15, 0.2) is 0 Å². The highest BCUT2D eigenvalue weighted by Crippen LogP contribution is 2.14. The summed E-state index contributed by atoms with van der Waals surface area (Å²) in [7, 11) is 4.10. The first kappa shape index (κ1) is 14.8. The number of carboxylic acids is 1. The summed E-state index contributed by atoms with van der Waals surface area (Å²) in [5.74, 6) is -0.894. The van der Waals surface area contributed by atoms with Crippen LogP contribution >= 0.6 is 0 Å². The monoisotopic (exact) mass is 257 g/mol. The van der Waals surface area contributed by atoms with E-state index < -0.39 is 5.97 Å². The minimum Gasteiger partial charge on any atom is -0.481 e. The van der Waals surface area contributed by atoms with Gasteiger partial charge in [-0.3, -0.25) is 4.79 Å². The van der Waals surface area contributed by atoms with E-state index in [1.54, 1.807) is 11.8 Å². The van der Waals surface area contributed by atoms with Gasteiger partial charge in [-0.05, 0) is 33.9 Å². The van der Waals surface area contributed by atoms with Crippen molar-refractivity contribution >= 4 is 12.0 Å². The predicted octanol–water partition coefficient (Wildman–Crippen LogP) is 0.585. The Labute approximate surface area is 108 Å². The summed E-state index contributed by atoms with van der Waals surface area (Å²) in [6.07, 6.45) is 1.89. The van der Waals surface area contributed by atoms with Crippen molar-refractivity contribution in [3.63, 3.8) is 0 Å². The number of aliphatic carboxylic acids is 1. The second kappa shape index (κ2) is 6.58. The van der Waals surface area contributed by atoms with Gasteiger partial charge in [-0.1, -0.05) is 0 Å². The van der Waals surface area contributed by atoms with Crippen LogP contribution in [0.2, 0.25) is 0 Å². The lowest BCUT2D eigenvalue weighted by atomic mass is 10.0. The fraction of sp³-hybridized carbons (Fsp3) is 0.833. The molecule has 1 atom stereocenters. The highest BCUT2D eigenvalue weighted by atomic mass is 16.4. The molecule has 6 heteroatoms. The van der Waals surface area contributed by atoms with Gasteiger partial charge in [0.15, 0.2) is 0 Å². The third-order valence-corrected chi connectivity index (χ3v) is 3.33. The molecular formula is C12H23N3O3. The molecule has 1 rings (SSSR count). The molecule has 2 amide bonds. The molecule has 0 saturated carbocycles. The Morgan fingerprint density at radius 2 is 1.94 bits per heavy atom. The highest BCUT2D eigenvalue weighted by Gasteiger charge is 2.24. The van der Waals surface area contributed by atoms with Crippen LogP contribution in [0.4, 0.5) is 4.79 Å². The number of carbonyl (C=O) groups is 2. The van der Waals surface area contributed by atoms with E-state index in [1.807, 2.05) is 0 Å². The Hall–Kier alpha value is -1.30. The summed E-state index contributed by atoms with van der Waals surface area (Å²) in [5, 5.41) is 11.4. The maximum absolute atomic E-state index is 11.9. The Morgan fingerprint density at radius 3 is 2.39 bits per heavy atom. The first-order chi connectivity index (χ1) is 8.40. The predicted molar refractivity (Wildman–Crippen MR) is 68.5 cm³/mol. The van der Waals surface area contributed by atoms with Gasteiger partial charge >= 0.3 is 12.0 Å². The van der Waals surface area contributed by atoms with Crippen LogP contribution in [0.25, 0.3) is 0 Å². The van der Waals surface area contributed by atoms with Gasteiger partial charge in [0.05, 0.1) is 6.42 Å². The quantitative estimate of drug-likeness (QED) is 0.773. The van der Waals surface area contributed by atoms with Crippen molar-refractivity contribution in [1.29, 1.82) is 0 Å². The Balaban J connectivity index is 2.34. The van der Waals surface area contributed by atoms with Crippen molar-refractivity contribution in [2.24, 2.45) is 0 Å². The fourth-order valence-electron chi connectivity index (χ4n) is 2.20. The van der Waals surface area contributed by atoms with Crippen molar-refractivity contribution in [1.82, 2.24) is 15.1 Å². The highest BCUT2D eigenvalue weighted by molar-refractivity contribution is 5.76. The molecule has 1 fully saturated rings. The zero-order valence-corrected chi connectivity index (χ0v) is 11.3. The van der Waals surface area contributed by atoms with Crippen molar-refractivity contribution in [3.05, 3.63) is 0 Å². The molecule has 6 nitrogen and oxygen atoms in total. The molecule has 1 aliphatic heterocycles. The molecule has 0 aromatic carbocycles. The molecule has 0 bridgehead atoms. The summed E-state index contributed by atoms with van der Waals surface area (Å²) >= 11 is 0. The number of carbonyl (C=O) groups excluding carboxylic acids is 1. The van der Waals surface area contributed by atoms with Crippen LogP contribution in [0.5, 0.6) is 0 Å². The molecule has 0 radical (unpaired) electrons. The molecule has 0 aromatic rings. The molecule has 0 spiro atoms. The van der Waals surface area contributed by atoms with E-state index in [1.165, 1.54) is 0 Å². The number of nitrogens with one attached hydrogen (secondary N) is 1. The summed E-state index contributed by atoms with van der Waals surface area (Å²) in [4.78, 5) is 26.3. The minimum absolute atomic E-state index is 0.0418. The maximum atomic E-state index is 11.9. The first-order valence-corrected chi connectivity index (χ1v) is 6.33. The topological polar surface area (TPSA) is 72.9 Å². The molecule has 104 valence electrons. The second-order valence-corrected chi connectivity index (χ2v) is 5.13. The molecule has 0 aliphatic carbocycles. The third-order valence-electron chi connectivity index (χ3n) is 3.33. The van der Waals surface area contributed by atoms with Crippen molar-refractivity contribution in [3.8, 4) is 0 Å². The second-order valence-electron chi connectivity index (χ2n) is 5.13. The van der Waals surface area contributed by atoms with Gasteiger partial charge in [0.25, 0.3) is 0 Å². The van der Waals surface area contributed by atoms with Gasteiger partial charge in [-0.25, -0.2) is 4.79 Å². The Kier molecular flexibility index (Phi) is 5.40. The number of hydrogen-bond donors (Lipinski definition) is 2. The number of amides is 2. The van der Waals surface area contributed by atoms with Gasteiger partial charge in [0.2, 0.25) is 0 Å². The first-order valence-electron chi connectivity index (χ1n) is 6.33.